The molecule has 1 spiro atoms. The Labute approximate surface area is 142 Å². The van der Waals surface area contributed by atoms with Gasteiger partial charge in [-0.25, -0.2) is 0 Å². The van der Waals surface area contributed by atoms with Gasteiger partial charge in [0.1, 0.15) is 0 Å². The number of aliphatic imine (C=N–C) groups is 1. The Hall–Kier alpha value is -1.23. The largest absolute Gasteiger partial charge is 0.393 e. The SMILES string of the molecule is CC(O)C12CN(C)C3CC14C(=Nc1ccccc14)C1CC2C3CO1. The van der Waals surface area contributed by atoms with Crippen molar-refractivity contribution in [2.45, 2.75) is 43.4 Å². The van der Waals surface area contributed by atoms with Crippen LogP contribution in [0, 0.1) is 17.3 Å². The van der Waals surface area contributed by atoms with Crippen molar-refractivity contribution in [3.63, 3.8) is 0 Å². The molecule has 0 aromatic heterocycles. The lowest BCUT2D eigenvalue weighted by Gasteiger charge is -2.73. The molecule has 0 amide bonds. The molecule has 2 aliphatic carbocycles. The zero-order valence-corrected chi connectivity index (χ0v) is 14.3. The standard InChI is InChI=1S/C20H24N2O2/c1-11(23)20-10-22(2)16-8-19(20)13-5-3-4-6-15(13)21-18(19)17-7-14(20)12(16)9-24-17/h3-6,11-12,14,16-17,23H,7-10H2,1-2H3. The molecule has 1 N–H and O–H groups in total. The maximum absolute atomic E-state index is 11.1. The highest BCUT2D eigenvalue weighted by atomic mass is 16.5. The minimum atomic E-state index is -0.343. The molecule has 7 atom stereocenters. The van der Waals surface area contributed by atoms with Crippen LogP contribution in [0.3, 0.4) is 0 Å². The molecular weight excluding hydrogens is 300 g/mol. The fourth-order valence-corrected chi connectivity index (χ4v) is 7.36. The smallest absolute Gasteiger partial charge is 0.0968 e. The predicted octanol–water partition coefficient (Wildman–Crippen LogP) is 2.13. The summed E-state index contributed by atoms with van der Waals surface area (Å²) in [4.78, 5) is 7.59. The number of aliphatic hydroxyl groups is 1. The van der Waals surface area contributed by atoms with Gasteiger partial charge < -0.3 is 14.7 Å². The van der Waals surface area contributed by atoms with Crippen LogP contribution in [0.15, 0.2) is 29.3 Å². The highest BCUT2D eigenvalue weighted by Crippen LogP contribution is 2.71. The van der Waals surface area contributed by atoms with E-state index >= 15 is 0 Å². The number of ether oxygens (including phenoxy) is 1. The summed E-state index contributed by atoms with van der Waals surface area (Å²) < 4.78 is 6.31. The molecule has 4 nitrogen and oxygen atoms in total. The topological polar surface area (TPSA) is 45.1 Å². The number of hydrogen-bond donors (Lipinski definition) is 1. The van der Waals surface area contributed by atoms with Gasteiger partial charge in [0.25, 0.3) is 0 Å². The fraction of sp³-hybridized carbons (Fsp3) is 0.650. The first kappa shape index (κ1) is 14.0. The fourth-order valence-electron chi connectivity index (χ4n) is 7.36. The summed E-state index contributed by atoms with van der Waals surface area (Å²) in [7, 11) is 2.23. The maximum atomic E-state index is 11.1. The molecule has 24 heavy (non-hydrogen) atoms. The van der Waals surface area contributed by atoms with Crippen LogP contribution in [0.1, 0.15) is 25.3 Å². The second-order valence-corrected chi connectivity index (χ2v) is 8.65. The molecule has 4 heterocycles. The van der Waals surface area contributed by atoms with Gasteiger partial charge in [0.2, 0.25) is 0 Å². The normalized spacial score (nSPS) is 48.9. The van der Waals surface area contributed by atoms with Crippen molar-refractivity contribution in [3.8, 4) is 0 Å². The van der Waals surface area contributed by atoms with Crippen LogP contribution in [-0.2, 0) is 10.2 Å². The van der Waals surface area contributed by atoms with Crippen molar-refractivity contribution < 1.29 is 9.84 Å². The van der Waals surface area contributed by atoms with Crippen LogP contribution in [-0.4, -0.2) is 54.2 Å². The molecule has 4 aliphatic heterocycles. The molecule has 7 rings (SSSR count). The van der Waals surface area contributed by atoms with Crippen LogP contribution in [0.2, 0.25) is 0 Å². The third-order valence-corrected chi connectivity index (χ3v) is 8.11. The summed E-state index contributed by atoms with van der Waals surface area (Å²) in [6.07, 6.45) is 1.93. The van der Waals surface area contributed by atoms with E-state index in [1.807, 2.05) is 6.92 Å². The van der Waals surface area contributed by atoms with E-state index < -0.39 is 0 Å². The van der Waals surface area contributed by atoms with E-state index in [0.717, 1.165) is 31.7 Å². The minimum Gasteiger partial charge on any atom is -0.393 e. The summed E-state index contributed by atoms with van der Waals surface area (Å²) in [6, 6.07) is 9.14. The van der Waals surface area contributed by atoms with Crippen molar-refractivity contribution in [2.75, 3.05) is 20.2 Å². The number of piperidine rings is 2. The third kappa shape index (κ3) is 1.21. The molecule has 126 valence electrons. The van der Waals surface area contributed by atoms with Crippen LogP contribution in [0.25, 0.3) is 0 Å². The number of benzene rings is 1. The maximum Gasteiger partial charge on any atom is 0.0968 e. The average Bonchev–Trinajstić information content (AvgIpc) is 2.90. The van der Waals surface area contributed by atoms with Gasteiger partial charge in [0, 0.05) is 29.3 Å². The molecular formula is C20H24N2O2. The van der Waals surface area contributed by atoms with Crippen molar-refractivity contribution in [3.05, 3.63) is 29.8 Å². The van der Waals surface area contributed by atoms with Crippen molar-refractivity contribution in [1.82, 2.24) is 4.90 Å². The lowest BCUT2D eigenvalue weighted by molar-refractivity contribution is -0.238. The Morgan fingerprint density at radius 3 is 3.04 bits per heavy atom. The van der Waals surface area contributed by atoms with Crippen molar-refractivity contribution in [2.24, 2.45) is 22.2 Å². The Morgan fingerprint density at radius 2 is 2.21 bits per heavy atom. The number of nitrogens with zero attached hydrogens (tertiary/aromatic N) is 2. The highest BCUT2D eigenvalue weighted by Gasteiger charge is 2.76. The Kier molecular flexibility index (Phi) is 2.40. The van der Waals surface area contributed by atoms with Gasteiger partial charge in [0.05, 0.1) is 30.2 Å². The number of hydrogen-bond acceptors (Lipinski definition) is 4. The van der Waals surface area contributed by atoms with E-state index in [1.165, 1.54) is 11.3 Å². The highest BCUT2D eigenvalue weighted by molar-refractivity contribution is 6.07. The van der Waals surface area contributed by atoms with Gasteiger partial charge >= 0.3 is 0 Å². The van der Waals surface area contributed by atoms with Gasteiger partial charge in [-0.05, 0) is 44.4 Å². The second-order valence-electron chi connectivity index (χ2n) is 8.65. The molecule has 2 saturated carbocycles. The first-order valence-electron chi connectivity index (χ1n) is 9.28. The summed E-state index contributed by atoms with van der Waals surface area (Å²) >= 11 is 0. The first-order valence-corrected chi connectivity index (χ1v) is 9.28. The lowest BCUT2D eigenvalue weighted by atomic mass is 9.36. The van der Waals surface area contributed by atoms with Gasteiger partial charge in [-0.3, -0.25) is 4.99 Å². The summed E-state index contributed by atoms with van der Waals surface area (Å²) in [5.74, 6) is 1.09. The van der Waals surface area contributed by atoms with Gasteiger partial charge in [-0.2, -0.15) is 0 Å². The van der Waals surface area contributed by atoms with Gasteiger partial charge in [0.15, 0.2) is 0 Å². The molecule has 5 fully saturated rings. The van der Waals surface area contributed by atoms with E-state index in [4.69, 9.17) is 9.73 Å². The van der Waals surface area contributed by atoms with Gasteiger partial charge in [-0.15, -0.1) is 0 Å². The zero-order chi connectivity index (χ0) is 16.3. The number of para-hydroxylation sites is 1. The predicted molar refractivity (Wildman–Crippen MR) is 91.7 cm³/mol. The molecule has 1 aromatic rings. The monoisotopic (exact) mass is 324 g/mol. The van der Waals surface area contributed by atoms with Crippen LogP contribution >= 0.6 is 0 Å². The molecule has 7 unspecified atom stereocenters. The molecule has 0 radical (unpaired) electrons. The zero-order valence-electron chi connectivity index (χ0n) is 14.3. The van der Waals surface area contributed by atoms with Crippen LogP contribution < -0.4 is 0 Å². The van der Waals surface area contributed by atoms with E-state index in [9.17, 15) is 5.11 Å². The quantitative estimate of drug-likeness (QED) is 0.861. The van der Waals surface area contributed by atoms with Crippen molar-refractivity contribution in [1.29, 1.82) is 0 Å². The Balaban J connectivity index is 1.71. The molecule has 6 aliphatic rings. The first-order chi connectivity index (χ1) is 11.6. The second kappa shape index (κ2) is 4.12. The minimum absolute atomic E-state index is 0.126. The van der Waals surface area contributed by atoms with Crippen molar-refractivity contribution >= 4 is 11.4 Å². The van der Waals surface area contributed by atoms with E-state index in [-0.39, 0.29) is 23.0 Å². The molecule has 3 saturated heterocycles. The van der Waals surface area contributed by atoms with Crippen LogP contribution in [0.5, 0.6) is 0 Å². The number of aliphatic hydroxyl groups excluding tert-OH is 1. The Bertz CT molecular complexity index is 775. The van der Waals surface area contributed by atoms with E-state index in [2.05, 4.69) is 36.2 Å². The van der Waals surface area contributed by atoms with Crippen LogP contribution in [0.4, 0.5) is 5.69 Å². The molecule has 5 bridgehead atoms. The molecule has 1 aromatic carbocycles. The number of rotatable bonds is 1. The lowest BCUT2D eigenvalue weighted by Crippen LogP contribution is -2.81. The van der Waals surface area contributed by atoms with E-state index in [1.54, 1.807) is 0 Å². The third-order valence-electron chi connectivity index (χ3n) is 8.11. The molecule has 4 heteroatoms. The number of fused-ring (bicyclic) bond motifs is 4. The average molecular weight is 324 g/mol. The summed E-state index contributed by atoms with van der Waals surface area (Å²) in [6.45, 7) is 3.81. The van der Waals surface area contributed by atoms with E-state index in [0.29, 0.717) is 17.9 Å². The van der Waals surface area contributed by atoms with Gasteiger partial charge in [-0.1, -0.05) is 18.2 Å². The Morgan fingerprint density at radius 1 is 1.38 bits per heavy atom. The summed E-state index contributed by atoms with van der Waals surface area (Å²) in [5, 5.41) is 11.1. The summed E-state index contributed by atoms with van der Waals surface area (Å²) in [5.41, 5.74) is 3.41.